The zero-order valence-electron chi connectivity index (χ0n) is 11.6. The van der Waals surface area contributed by atoms with Crippen LogP contribution in [0.4, 0.5) is 0 Å². The predicted octanol–water partition coefficient (Wildman–Crippen LogP) is -0.240. The number of hydrogen-bond donors (Lipinski definition) is 1. The molecule has 0 aliphatic rings. The Morgan fingerprint density at radius 1 is 1.58 bits per heavy atom. The van der Waals surface area contributed by atoms with E-state index in [1.54, 1.807) is 23.9 Å². The van der Waals surface area contributed by atoms with E-state index in [0.717, 1.165) is 12.1 Å². The lowest BCUT2D eigenvalue weighted by Gasteiger charge is -2.17. The molecule has 0 radical (unpaired) electrons. The van der Waals surface area contributed by atoms with Crippen molar-refractivity contribution in [2.75, 3.05) is 26.4 Å². The van der Waals surface area contributed by atoms with Crippen LogP contribution in [0.2, 0.25) is 0 Å². The number of hydrogen-bond acceptors (Lipinski definition) is 4. The van der Waals surface area contributed by atoms with Gasteiger partial charge in [0.1, 0.15) is 11.9 Å². The molecule has 1 aromatic heterocycles. The summed E-state index contributed by atoms with van der Waals surface area (Å²) in [6.45, 7) is 4.12. The first kappa shape index (κ1) is 15.6. The van der Waals surface area contributed by atoms with Gasteiger partial charge in [-0.3, -0.25) is 4.79 Å². The van der Waals surface area contributed by atoms with Crippen molar-refractivity contribution in [2.24, 2.45) is 0 Å². The van der Waals surface area contributed by atoms with E-state index in [4.69, 9.17) is 0 Å². The molecule has 0 spiro atoms. The number of carbonyl (C=O) groups excluding carboxylic acids is 1. The van der Waals surface area contributed by atoms with E-state index >= 15 is 0 Å². The fraction of sp³-hybridized carbons (Fsp3) is 0.636. The highest BCUT2D eigenvalue weighted by Gasteiger charge is 2.16. The van der Waals surface area contributed by atoms with Crippen molar-refractivity contribution in [3.05, 3.63) is 18.2 Å². The number of aryl methyl sites for hydroxylation is 1. The van der Waals surface area contributed by atoms with Crippen LogP contribution in [0.5, 0.6) is 0 Å². The maximum absolute atomic E-state index is 11.9. The summed E-state index contributed by atoms with van der Waals surface area (Å²) in [6.07, 6.45) is 4.51. The largest absolute Gasteiger partial charge is 0.353 e. The van der Waals surface area contributed by atoms with Crippen molar-refractivity contribution in [1.82, 2.24) is 19.2 Å². The Morgan fingerprint density at radius 3 is 2.68 bits per heavy atom. The van der Waals surface area contributed by atoms with Gasteiger partial charge >= 0.3 is 0 Å². The second kappa shape index (κ2) is 6.16. The van der Waals surface area contributed by atoms with Crippen molar-refractivity contribution >= 4 is 15.9 Å². The van der Waals surface area contributed by atoms with Crippen LogP contribution in [0, 0.1) is 6.92 Å². The number of rotatable bonds is 6. The molecule has 1 rings (SSSR count). The molecule has 0 aromatic carbocycles. The molecule has 1 heterocycles. The number of nitrogens with zero attached hydrogens (tertiary/aromatic N) is 3. The standard InChI is InChI=1S/C11H20N4O3S/c1-9(15-8-6-12-10(15)2)11(16)13-5-7-14(3)19(4,17)18/h6,8-9H,5,7H2,1-4H3,(H,13,16)/t9-/m0/s1. The summed E-state index contributed by atoms with van der Waals surface area (Å²) < 4.78 is 25.3. The molecule has 8 heteroatoms. The maximum Gasteiger partial charge on any atom is 0.242 e. The number of amides is 1. The molecule has 0 saturated carbocycles. The lowest BCUT2D eigenvalue weighted by Crippen LogP contribution is -2.38. The van der Waals surface area contributed by atoms with Gasteiger partial charge in [0.25, 0.3) is 0 Å². The molecular formula is C11H20N4O3S. The summed E-state index contributed by atoms with van der Waals surface area (Å²) in [5, 5.41) is 2.71. The Bertz CT molecular complexity index is 538. The van der Waals surface area contributed by atoms with E-state index in [-0.39, 0.29) is 25.0 Å². The molecule has 0 aliphatic heterocycles. The quantitative estimate of drug-likeness (QED) is 0.783. The van der Waals surface area contributed by atoms with Crippen LogP contribution < -0.4 is 5.32 Å². The summed E-state index contributed by atoms with van der Waals surface area (Å²) in [7, 11) is -1.73. The summed E-state index contributed by atoms with van der Waals surface area (Å²) >= 11 is 0. The number of carbonyl (C=O) groups is 1. The first-order chi connectivity index (χ1) is 8.73. The van der Waals surface area contributed by atoms with E-state index in [9.17, 15) is 13.2 Å². The molecule has 1 N–H and O–H groups in total. The molecule has 108 valence electrons. The molecule has 0 saturated heterocycles. The summed E-state index contributed by atoms with van der Waals surface area (Å²) in [5.41, 5.74) is 0. The first-order valence-electron chi connectivity index (χ1n) is 5.92. The average Bonchev–Trinajstić information content (AvgIpc) is 2.72. The van der Waals surface area contributed by atoms with Crippen LogP contribution >= 0.6 is 0 Å². The van der Waals surface area contributed by atoms with Crippen molar-refractivity contribution in [2.45, 2.75) is 19.9 Å². The minimum atomic E-state index is -3.20. The van der Waals surface area contributed by atoms with E-state index in [2.05, 4.69) is 10.3 Å². The van der Waals surface area contributed by atoms with Crippen LogP contribution in [0.3, 0.4) is 0 Å². The van der Waals surface area contributed by atoms with Crippen molar-refractivity contribution in [3.63, 3.8) is 0 Å². The van der Waals surface area contributed by atoms with Crippen LogP contribution in [-0.4, -0.2) is 54.6 Å². The normalized spacial score (nSPS) is 13.5. The van der Waals surface area contributed by atoms with Gasteiger partial charge in [-0.25, -0.2) is 17.7 Å². The zero-order chi connectivity index (χ0) is 14.6. The first-order valence-corrected chi connectivity index (χ1v) is 7.76. The molecule has 1 atom stereocenters. The van der Waals surface area contributed by atoms with E-state index < -0.39 is 10.0 Å². The van der Waals surface area contributed by atoms with E-state index in [1.807, 2.05) is 6.92 Å². The van der Waals surface area contributed by atoms with Gasteiger partial charge in [0.2, 0.25) is 15.9 Å². The van der Waals surface area contributed by atoms with Crippen LogP contribution in [0.15, 0.2) is 12.4 Å². The number of nitrogens with one attached hydrogen (secondary N) is 1. The Balaban J connectivity index is 2.47. The molecular weight excluding hydrogens is 268 g/mol. The highest BCUT2D eigenvalue weighted by atomic mass is 32.2. The molecule has 7 nitrogen and oxygen atoms in total. The molecule has 0 fully saturated rings. The second-order valence-corrected chi connectivity index (χ2v) is 6.52. The van der Waals surface area contributed by atoms with E-state index in [1.165, 1.54) is 11.4 Å². The van der Waals surface area contributed by atoms with Gasteiger partial charge in [-0.2, -0.15) is 0 Å². The van der Waals surface area contributed by atoms with Crippen LogP contribution in [0.1, 0.15) is 18.8 Å². The smallest absolute Gasteiger partial charge is 0.242 e. The number of sulfonamides is 1. The third kappa shape index (κ3) is 4.32. The number of imidazole rings is 1. The average molecular weight is 288 g/mol. The van der Waals surface area contributed by atoms with Crippen LogP contribution in [-0.2, 0) is 14.8 Å². The zero-order valence-corrected chi connectivity index (χ0v) is 12.4. The molecule has 19 heavy (non-hydrogen) atoms. The Hall–Kier alpha value is -1.41. The van der Waals surface area contributed by atoms with E-state index in [0.29, 0.717) is 0 Å². The van der Waals surface area contributed by atoms with Gasteiger partial charge in [-0.05, 0) is 13.8 Å². The molecule has 0 bridgehead atoms. The third-order valence-electron chi connectivity index (χ3n) is 2.95. The van der Waals surface area contributed by atoms with Gasteiger partial charge < -0.3 is 9.88 Å². The fourth-order valence-electron chi connectivity index (χ4n) is 1.57. The van der Waals surface area contributed by atoms with Gasteiger partial charge in [-0.15, -0.1) is 0 Å². The Labute approximate surface area is 113 Å². The Morgan fingerprint density at radius 2 is 2.21 bits per heavy atom. The predicted molar refractivity (Wildman–Crippen MR) is 72.2 cm³/mol. The van der Waals surface area contributed by atoms with Crippen molar-refractivity contribution < 1.29 is 13.2 Å². The van der Waals surface area contributed by atoms with Crippen molar-refractivity contribution in [3.8, 4) is 0 Å². The van der Waals surface area contributed by atoms with Crippen LogP contribution in [0.25, 0.3) is 0 Å². The second-order valence-electron chi connectivity index (χ2n) is 4.43. The molecule has 1 aromatic rings. The highest BCUT2D eigenvalue weighted by molar-refractivity contribution is 7.88. The number of likely N-dealkylation sites (N-methyl/N-ethyl adjacent to an activating group) is 1. The lowest BCUT2D eigenvalue weighted by molar-refractivity contribution is -0.123. The topological polar surface area (TPSA) is 84.3 Å². The summed E-state index contributed by atoms with van der Waals surface area (Å²) in [4.78, 5) is 16.0. The van der Waals surface area contributed by atoms with Gasteiger partial charge in [0.05, 0.1) is 6.26 Å². The van der Waals surface area contributed by atoms with Gasteiger partial charge in [0, 0.05) is 32.5 Å². The lowest BCUT2D eigenvalue weighted by atomic mass is 10.3. The fourth-order valence-corrected chi connectivity index (χ4v) is 2.00. The maximum atomic E-state index is 11.9. The third-order valence-corrected chi connectivity index (χ3v) is 4.27. The van der Waals surface area contributed by atoms with Gasteiger partial charge in [0.15, 0.2) is 0 Å². The molecule has 0 aliphatic carbocycles. The Kier molecular flexibility index (Phi) is 5.07. The molecule has 0 unspecified atom stereocenters. The monoisotopic (exact) mass is 288 g/mol. The van der Waals surface area contributed by atoms with Gasteiger partial charge in [-0.1, -0.05) is 0 Å². The minimum Gasteiger partial charge on any atom is -0.353 e. The SMILES string of the molecule is Cc1nccn1[C@@H](C)C(=O)NCCN(C)S(C)(=O)=O. The number of aromatic nitrogens is 2. The minimum absolute atomic E-state index is 0.164. The highest BCUT2D eigenvalue weighted by Crippen LogP contribution is 2.08. The van der Waals surface area contributed by atoms with Crippen molar-refractivity contribution in [1.29, 1.82) is 0 Å². The molecule has 1 amide bonds. The summed E-state index contributed by atoms with van der Waals surface area (Å²) in [5.74, 6) is 0.596. The summed E-state index contributed by atoms with van der Waals surface area (Å²) in [6, 6.07) is -0.369.